The van der Waals surface area contributed by atoms with E-state index < -0.39 is 25.9 Å². The van der Waals surface area contributed by atoms with E-state index in [1.807, 2.05) is 20.8 Å². The van der Waals surface area contributed by atoms with Crippen molar-refractivity contribution in [3.8, 4) is 0 Å². The summed E-state index contributed by atoms with van der Waals surface area (Å²) < 4.78 is 29.1. The van der Waals surface area contributed by atoms with Crippen molar-refractivity contribution in [2.24, 2.45) is 5.92 Å². The van der Waals surface area contributed by atoms with Crippen molar-refractivity contribution in [3.63, 3.8) is 0 Å². The zero-order valence-corrected chi connectivity index (χ0v) is 15.4. The van der Waals surface area contributed by atoms with Gasteiger partial charge in [0.05, 0.1) is 24.4 Å². The predicted octanol–water partition coefficient (Wildman–Crippen LogP) is 2.57. The number of rotatable bonds is 6. The third kappa shape index (κ3) is 6.65. The van der Waals surface area contributed by atoms with Crippen LogP contribution in [0.2, 0.25) is 0 Å². The van der Waals surface area contributed by atoms with E-state index in [1.165, 1.54) is 6.66 Å². The van der Waals surface area contributed by atoms with E-state index in [0.717, 1.165) is 0 Å². The van der Waals surface area contributed by atoms with Gasteiger partial charge < -0.3 is 24.0 Å². The lowest BCUT2D eigenvalue weighted by molar-refractivity contribution is -0.129. The summed E-state index contributed by atoms with van der Waals surface area (Å²) in [6, 6.07) is 0. The maximum absolute atomic E-state index is 12.4. The van der Waals surface area contributed by atoms with Gasteiger partial charge >= 0.3 is 7.60 Å². The minimum absolute atomic E-state index is 0.137. The molecule has 0 heterocycles. The van der Waals surface area contributed by atoms with E-state index in [-0.39, 0.29) is 17.6 Å². The van der Waals surface area contributed by atoms with Gasteiger partial charge in [-0.3, -0.25) is 4.57 Å². The van der Waals surface area contributed by atoms with Crippen molar-refractivity contribution >= 4 is 7.60 Å². The second kappa shape index (κ2) is 7.73. The minimum Gasteiger partial charge on any atom is -0.390 e. The van der Waals surface area contributed by atoms with Gasteiger partial charge in [-0.1, -0.05) is 0 Å². The van der Waals surface area contributed by atoms with Crippen LogP contribution in [0.5, 0.6) is 0 Å². The predicted molar refractivity (Wildman–Crippen MR) is 85.1 cm³/mol. The first kappa shape index (κ1) is 20.1. The average Bonchev–Trinajstić information content (AvgIpc) is 2.31. The Labute approximate surface area is 133 Å². The van der Waals surface area contributed by atoms with E-state index in [1.54, 1.807) is 13.8 Å². The first-order valence-electron chi connectivity index (χ1n) is 7.85. The third-order valence-electron chi connectivity index (χ3n) is 3.47. The molecular weight excluding hydrogens is 307 g/mol. The molecule has 0 aromatic rings. The molecular formula is C15H31O6P. The monoisotopic (exact) mass is 338 g/mol. The zero-order valence-electron chi connectivity index (χ0n) is 14.5. The Kier molecular flexibility index (Phi) is 7.06. The Bertz CT molecular complexity index is 392. The molecule has 5 unspecified atom stereocenters. The van der Waals surface area contributed by atoms with Crippen LogP contribution in [-0.4, -0.2) is 53.5 Å². The van der Waals surface area contributed by atoms with Crippen molar-refractivity contribution < 1.29 is 28.6 Å². The van der Waals surface area contributed by atoms with Gasteiger partial charge in [0.15, 0.2) is 0 Å². The van der Waals surface area contributed by atoms with E-state index in [0.29, 0.717) is 19.4 Å². The largest absolute Gasteiger partial charge is 0.390 e. The smallest absolute Gasteiger partial charge is 0.328 e. The highest BCUT2D eigenvalue weighted by molar-refractivity contribution is 7.53. The lowest BCUT2D eigenvalue weighted by atomic mass is 9.83. The second-order valence-electron chi connectivity index (χ2n) is 7.31. The summed E-state index contributed by atoms with van der Waals surface area (Å²) in [7, 11) is -3.31. The third-order valence-corrected chi connectivity index (χ3v) is 4.91. The normalized spacial score (nSPS) is 33.0. The molecule has 0 radical (unpaired) electrons. The van der Waals surface area contributed by atoms with Gasteiger partial charge in [-0.05, 0) is 47.5 Å². The van der Waals surface area contributed by atoms with Crippen LogP contribution < -0.4 is 0 Å². The molecule has 1 aliphatic rings. The van der Waals surface area contributed by atoms with Gasteiger partial charge in [-0.25, -0.2) is 0 Å². The molecule has 7 heteroatoms. The van der Waals surface area contributed by atoms with Crippen molar-refractivity contribution in [1.29, 1.82) is 0 Å². The summed E-state index contributed by atoms with van der Waals surface area (Å²) in [4.78, 5) is 0. The quantitative estimate of drug-likeness (QED) is 0.724. The van der Waals surface area contributed by atoms with Crippen LogP contribution in [-0.2, 0) is 18.3 Å². The Morgan fingerprint density at radius 2 is 1.82 bits per heavy atom. The summed E-state index contributed by atoms with van der Waals surface area (Å²) >= 11 is 0. The summed E-state index contributed by atoms with van der Waals surface area (Å²) in [6.07, 6.45) is -1.87. The molecule has 6 nitrogen and oxygen atoms in total. The highest BCUT2D eigenvalue weighted by atomic mass is 31.2. The number of ether oxygens (including phenoxy) is 1. The van der Waals surface area contributed by atoms with E-state index in [4.69, 9.17) is 13.8 Å². The van der Waals surface area contributed by atoms with E-state index >= 15 is 0 Å². The molecule has 0 aliphatic heterocycles. The fraction of sp³-hybridized carbons (Fsp3) is 1.00. The molecule has 132 valence electrons. The molecule has 0 aromatic carbocycles. The average molecular weight is 338 g/mol. The first-order chi connectivity index (χ1) is 9.91. The molecule has 1 rings (SSSR count). The number of hydrogen-bond donors (Lipinski definition) is 2. The molecule has 5 atom stereocenters. The molecule has 1 saturated carbocycles. The lowest BCUT2D eigenvalue weighted by Gasteiger charge is -2.40. The SMILES string of the molecule is CC(C)OP(C)(=O)OC1C(COC(C)(C)C)CCC(O)C1O. The van der Waals surface area contributed by atoms with Crippen LogP contribution in [0.3, 0.4) is 0 Å². The van der Waals surface area contributed by atoms with E-state index in [2.05, 4.69) is 0 Å². The minimum atomic E-state index is -3.31. The van der Waals surface area contributed by atoms with Crippen LogP contribution in [0.1, 0.15) is 47.5 Å². The lowest BCUT2D eigenvalue weighted by Crippen LogP contribution is -2.49. The highest BCUT2D eigenvalue weighted by Crippen LogP contribution is 2.49. The Morgan fingerprint density at radius 1 is 1.23 bits per heavy atom. The highest BCUT2D eigenvalue weighted by Gasteiger charge is 2.42. The van der Waals surface area contributed by atoms with Gasteiger partial charge in [0, 0.05) is 12.6 Å². The zero-order chi connectivity index (χ0) is 17.1. The molecule has 22 heavy (non-hydrogen) atoms. The molecule has 2 N–H and O–H groups in total. The van der Waals surface area contributed by atoms with Crippen LogP contribution in [0.15, 0.2) is 0 Å². The first-order valence-corrected chi connectivity index (χ1v) is 9.84. The maximum Gasteiger partial charge on any atom is 0.328 e. The van der Waals surface area contributed by atoms with Gasteiger partial charge in [-0.2, -0.15) is 0 Å². The van der Waals surface area contributed by atoms with Crippen molar-refractivity contribution in [3.05, 3.63) is 0 Å². The van der Waals surface area contributed by atoms with E-state index in [9.17, 15) is 14.8 Å². The second-order valence-corrected chi connectivity index (χ2v) is 9.28. The maximum atomic E-state index is 12.4. The molecule has 1 aliphatic carbocycles. The Morgan fingerprint density at radius 3 is 2.32 bits per heavy atom. The van der Waals surface area contributed by atoms with Gasteiger partial charge in [0.1, 0.15) is 12.2 Å². The number of hydrogen-bond acceptors (Lipinski definition) is 6. The van der Waals surface area contributed by atoms with Gasteiger partial charge in [-0.15, -0.1) is 0 Å². The summed E-state index contributed by atoms with van der Waals surface area (Å²) in [5, 5.41) is 20.1. The molecule has 1 fully saturated rings. The Balaban J connectivity index is 2.79. The summed E-state index contributed by atoms with van der Waals surface area (Å²) in [5.41, 5.74) is -0.310. The van der Waals surface area contributed by atoms with Crippen LogP contribution in [0, 0.1) is 5.92 Å². The Hall–Kier alpha value is 0.0300. The van der Waals surface area contributed by atoms with Crippen molar-refractivity contribution in [2.75, 3.05) is 13.3 Å². The molecule has 0 amide bonds. The number of aliphatic hydroxyl groups excluding tert-OH is 2. The molecule has 0 spiro atoms. The summed E-state index contributed by atoms with van der Waals surface area (Å²) in [5.74, 6) is -0.137. The fourth-order valence-corrected chi connectivity index (χ4v) is 4.08. The molecule has 0 bridgehead atoms. The van der Waals surface area contributed by atoms with Crippen molar-refractivity contribution in [2.45, 2.75) is 77.5 Å². The van der Waals surface area contributed by atoms with Crippen LogP contribution >= 0.6 is 7.60 Å². The topological polar surface area (TPSA) is 85.2 Å². The van der Waals surface area contributed by atoms with Gasteiger partial charge in [0.25, 0.3) is 0 Å². The van der Waals surface area contributed by atoms with Crippen LogP contribution in [0.4, 0.5) is 0 Å². The standard InChI is InChI=1S/C15H31O6P/c1-10(2)20-22(6,18)21-14-11(9-19-15(3,4)5)7-8-12(16)13(14)17/h10-14,16-17H,7-9H2,1-6H3. The molecule has 0 saturated heterocycles. The van der Waals surface area contributed by atoms with Crippen molar-refractivity contribution in [1.82, 2.24) is 0 Å². The van der Waals surface area contributed by atoms with Crippen LogP contribution in [0.25, 0.3) is 0 Å². The summed E-state index contributed by atoms with van der Waals surface area (Å²) in [6.45, 7) is 11.1. The molecule has 0 aromatic heterocycles. The fourth-order valence-electron chi connectivity index (χ4n) is 2.53. The number of aliphatic hydroxyl groups is 2. The van der Waals surface area contributed by atoms with Gasteiger partial charge in [0.2, 0.25) is 0 Å².